The highest BCUT2D eigenvalue weighted by molar-refractivity contribution is 6.15. The maximum atomic E-state index is 13.2. The quantitative estimate of drug-likeness (QED) is 0.258. The molecule has 1 unspecified atom stereocenters. The molecular weight excluding hydrogens is 482 g/mol. The molecule has 0 aliphatic carbocycles. The maximum absolute atomic E-state index is 13.2. The van der Waals surface area contributed by atoms with E-state index in [2.05, 4.69) is 30.9 Å². The van der Waals surface area contributed by atoms with Gasteiger partial charge >= 0.3 is 0 Å². The number of aryl methyl sites for hydroxylation is 1. The van der Waals surface area contributed by atoms with Gasteiger partial charge in [0.2, 0.25) is 5.91 Å². The molecule has 1 aliphatic heterocycles. The summed E-state index contributed by atoms with van der Waals surface area (Å²) in [6.07, 6.45) is 3.11. The molecule has 0 saturated carbocycles. The van der Waals surface area contributed by atoms with Gasteiger partial charge in [-0.1, -0.05) is 0 Å². The van der Waals surface area contributed by atoms with Gasteiger partial charge in [0.05, 0.1) is 17.4 Å². The van der Waals surface area contributed by atoms with Gasteiger partial charge in [0.25, 0.3) is 5.91 Å². The highest BCUT2D eigenvalue weighted by Crippen LogP contribution is 2.33. The molecule has 10 nitrogen and oxygen atoms in total. The van der Waals surface area contributed by atoms with Crippen LogP contribution in [0.25, 0.3) is 0 Å². The first-order valence-electron chi connectivity index (χ1n) is 12.1. The number of carbonyl (C=O) groups is 3. The fourth-order valence-corrected chi connectivity index (χ4v) is 4.29. The number of H-pyrrole nitrogens is 1. The average molecular weight is 510 g/mol. The first-order valence-corrected chi connectivity index (χ1v) is 12.1. The largest absolute Gasteiger partial charge is 0.325 e. The third-order valence-electron chi connectivity index (χ3n) is 6.14. The first-order chi connectivity index (χ1) is 18.1. The van der Waals surface area contributed by atoms with Crippen LogP contribution in [0.1, 0.15) is 64.4 Å². The normalized spacial score (nSPS) is 14.9. The van der Waals surface area contributed by atoms with Crippen molar-refractivity contribution < 1.29 is 14.4 Å². The van der Waals surface area contributed by atoms with Crippen LogP contribution in [0.4, 0.5) is 17.2 Å². The number of nitrogens with zero attached hydrogens (tertiary/aromatic N) is 4. The number of hydrogen-bond donors (Lipinski definition) is 3. The second kappa shape index (κ2) is 9.55. The minimum Gasteiger partial charge on any atom is -0.325 e. The third kappa shape index (κ3) is 4.88. The van der Waals surface area contributed by atoms with Crippen molar-refractivity contribution in [3.05, 3.63) is 88.9 Å². The average Bonchev–Trinajstić information content (AvgIpc) is 3.61. The van der Waals surface area contributed by atoms with Gasteiger partial charge in [0, 0.05) is 34.8 Å². The molecular formula is C28H27N7O3. The SMILES string of the molecule is Cc1cc(C(=O)Nc2ccc(C(=O)c3ccc4c(c3)C(C=Nc3ccn[nH]3)C(=O)N4)cc2)n(C(C)(C)C)n1. The highest BCUT2D eigenvalue weighted by atomic mass is 16.2. The van der Waals surface area contributed by atoms with Crippen LogP contribution in [-0.2, 0) is 10.3 Å². The van der Waals surface area contributed by atoms with Gasteiger partial charge in [0.15, 0.2) is 5.78 Å². The second-order valence-electron chi connectivity index (χ2n) is 10.1. The summed E-state index contributed by atoms with van der Waals surface area (Å²) in [5, 5.41) is 16.7. The number of ketones is 1. The topological polar surface area (TPSA) is 134 Å². The summed E-state index contributed by atoms with van der Waals surface area (Å²) < 4.78 is 1.70. The highest BCUT2D eigenvalue weighted by Gasteiger charge is 2.30. The van der Waals surface area contributed by atoms with E-state index in [0.29, 0.717) is 39.6 Å². The summed E-state index contributed by atoms with van der Waals surface area (Å²) in [6.45, 7) is 7.79. The van der Waals surface area contributed by atoms with E-state index in [1.54, 1.807) is 65.5 Å². The molecule has 1 atom stereocenters. The van der Waals surface area contributed by atoms with Crippen LogP contribution in [0.3, 0.4) is 0 Å². The van der Waals surface area contributed by atoms with Crippen molar-refractivity contribution in [3.8, 4) is 0 Å². The van der Waals surface area contributed by atoms with Crippen LogP contribution in [-0.4, -0.2) is 43.8 Å². The van der Waals surface area contributed by atoms with Gasteiger partial charge < -0.3 is 10.6 Å². The molecule has 2 aromatic heterocycles. The van der Waals surface area contributed by atoms with Crippen LogP contribution < -0.4 is 10.6 Å². The molecule has 5 rings (SSSR count). The van der Waals surface area contributed by atoms with Crippen molar-refractivity contribution in [1.29, 1.82) is 0 Å². The van der Waals surface area contributed by atoms with Gasteiger partial charge in [-0.2, -0.15) is 10.2 Å². The Hall–Kier alpha value is -4.86. The Kier molecular flexibility index (Phi) is 6.23. The summed E-state index contributed by atoms with van der Waals surface area (Å²) >= 11 is 0. The summed E-state index contributed by atoms with van der Waals surface area (Å²) in [5.74, 6) is -0.780. The molecule has 0 fully saturated rings. The zero-order valence-electron chi connectivity index (χ0n) is 21.4. The Balaban J connectivity index is 1.33. The molecule has 0 saturated heterocycles. The van der Waals surface area contributed by atoms with Gasteiger partial charge in [-0.25, -0.2) is 4.99 Å². The summed E-state index contributed by atoms with van der Waals surface area (Å²) in [4.78, 5) is 43.0. The lowest BCUT2D eigenvalue weighted by atomic mass is 9.96. The molecule has 0 spiro atoms. The van der Waals surface area contributed by atoms with E-state index in [0.717, 1.165) is 5.69 Å². The molecule has 4 aromatic rings. The van der Waals surface area contributed by atoms with Crippen molar-refractivity contribution in [2.45, 2.75) is 39.2 Å². The summed E-state index contributed by atoms with van der Waals surface area (Å²) in [5.41, 5.74) is 3.66. The Labute approximate surface area is 219 Å². The second-order valence-corrected chi connectivity index (χ2v) is 10.1. The van der Waals surface area contributed by atoms with E-state index in [-0.39, 0.29) is 23.1 Å². The molecule has 3 N–H and O–H groups in total. The lowest BCUT2D eigenvalue weighted by Crippen LogP contribution is -2.29. The molecule has 3 heterocycles. The van der Waals surface area contributed by atoms with E-state index < -0.39 is 5.92 Å². The number of amides is 2. The fraction of sp³-hybridized carbons (Fsp3) is 0.214. The molecule has 0 radical (unpaired) electrons. The molecule has 38 heavy (non-hydrogen) atoms. The van der Waals surface area contributed by atoms with Crippen LogP contribution in [0.2, 0.25) is 0 Å². The van der Waals surface area contributed by atoms with E-state index >= 15 is 0 Å². The smallest absolute Gasteiger partial charge is 0.273 e. The van der Waals surface area contributed by atoms with Gasteiger partial charge in [-0.05, 0) is 81.8 Å². The summed E-state index contributed by atoms with van der Waals surface area (Å²) in [6, 6.07) is 15.3. The monoisotopic (exact) mass is 509 g/mol. The predicted molar refractivity (Wildman–Crippen MR) is 144 cm³/mol. The minimum atomic E-state index is -0.621. The van der Waals surface area contributed by atoms with Crippen molar-refractivity contribution in [1.82, 2.24) is 20.0 Å². The van der Waals surface area contributed by atoms with E-state index in [1.807, 2.05) is 27.7 Å². The van der Waals surface area contributed by atoms with Crippen LogP contribution in [0.15, 0.2) is 65.8 Å². The predicted octanol–water partition coefficient (Wildman–Crippen LogP) is 4.59. The minimum absolute atomic E-state index is 0.198. The zero-order chi connectivity index (χ0) is 27.0. The maximum Gasteiger partial charge on any atom is 0.273 e. The van der Waals surface area contributed by atoms with Crippen LogP contribution >= 0.6 is 0 Å². The molecule has 192 valence electrons. The summed E-state index contributed by atoms with van der Waals surface area (Å²) in [7, 11) is 0. The number of aromatic nitrogens is 4. The number of aliphatic imine (C=N–C) groups is 1. The molecule has 0 bridgehead atoms. The Bertz CT molecular complexity index is 1560. The van der Waals surface area contributed by atoms with Crippen LogP contribution in [0, 0.1) is 6.92 Å². The number of benzene rings is 2. The number of aromatic amines is 1. The number of carbonyl (C=O) groups excluding carboxylic acids is 3. The first kappa shape index (κ1) is 24.8. The molecule has 2 aromatic carbocycles. The Morgan fingerprint density at radius 1 is 1.05 bits per heavy atom. The fourth-order valence-electron chi connectivity index (χ4n) is 4.29. The number of fused-ring (bicyclic) bond motifs is 1. The van der Waals surface area contributed by atoms with Crippen molar-refractivity contribution >= 4 is 41.0 Å². The number of rotatable bonds is 6. The Morgan fingerprint density at radius 2 is 1.79 bits per heavy atom. The zero-order valence-corrected chi connectivity index (χ0v) is 21.4. The standard InChI is InChI=1S/C28H27N7O3/c1-16-13-23(35(34-16)28(2,3)4)27(38)31-19-8-5-17(6-9-19)25(36)18-7-10-22-20(14-18)21(26(37)32-22)15-29-24-11-12-30-33-24/h5-15,21H,1-4H3,(H,30,33)(H,31,38)(H,32,37). The van der Waals surface area contributed by atoms with Gasteiger partial charge in [-0.15, -0.1) is 0 Å². The number of hydrogen-bond acceptors (Lipinski definition) is 6. The van der Waals surface area contributed by atoms with Crippen molar-refractivity contribution in [2.75, 3.05) is 10.6 Å². The number of anilines is 2. The van der Waals surface area contributed by atoms with Crippen LogP contribution in [0.5, 0.6) is 0 Å². The van der Waals surface area contributed by atoms with Gasteiger partial charge in [0.1, 0.15) is 17.4 Å². The van der Waals surface area contributed by atoms with E-state index in [9.17, 15) is 14.4 Å². The third-order valence-corrected chi connectivity index (χ3v) is 6.14. The molecule has 1 aliphatic rings. The number of nitrogens with one attached hydrogen (secondary N) is 3. The van der Waals surface area contributed by atoms with Gasteiger partial charge in [-0.3, -0.25) is 24.2 Å². The van der Waals surface area contributed by atoms with Crippen molar-refractivity contribution in [3.63, 3.8) is 0 Å². The lowest BCUT2D eigenvalue weighted by Gasteiger charge is -2.22. The van der Waals surface area contributed by atoms with E-state index in [1.165, 1.54) is 6.21 Å². The molecule has 2 amide bonds. The lowest BCUT2D eigenvalue weighted by molar-refractivity contribution is -0.115. The Morgan fingerprint density at radius 3 is 2.47 bits per heavy atom. The molecule has 10 heteroatoms. The van der Waals surface area contributed by atoms with E-state index in [4.69, 9.17) is 0 Å². The van der Waals surface area contributed by atoms with Crippen molar-refractivity contribution in [2.24, 2.45) is 4.99 Å².